The number of rotatable bonds is 4. The van der Waals surface area contributed by atoms with Gasteiger partial charge in [0.05, 0.1) is 0 Å². The normalized spacial score (nSPS) is 9.79. The predicted molar refractivity (Wildman–Crippen MR) is 54.9 cm³/mol. The van der Waals surface area contributed by atoms with Crippen molar-refractivity contribution in [3.05, 3.63) is 42.8 Å². The van der Waals surface area contributed by atoms with Gasteiger partial charge in [-0.3, -0.25) is 0 Å². The molecule has 1 radical (unpaired) electrons. The van der Waals surface area contributed by atoms with Crippen molar-refractivity contribution >= 4 is 6.09 Å². The second kappa shape index (κ2) is 5.27. The number of amides is 1. The lowest BCUT2D eigenvalue weighted by Gasteiger charge is -2.17. The van der Waals surface area contributed by atoms with E-state index < -0.39 is 6.09 Å². The van der Waals surface area contributed by atoms with Crippen LogP contribution < -0.4 is 0 Å². The van der Waals surface area contributed by atoms with Gasteiger partial charge in [0, 0.05) is 13.1 Å². The van der Waals surface area contributed by atoms with E-state index in [1.54, 1.807) is 0 Å². The van der Waals surface area contributed by atoms with Crippen LogP contribution in [0.15, 0.2) is 30.3 Å². The number of nitrogens with zero attached hydrogens (tertiary/aromatic N) is 1. The van der Waals surface area contributed by atoms with E-state index in [9.17, 15) is 4.79 Å². The number of benzene rings is 1. The van der Waals surface area contributed by atoms with Gasteiger partial charge in [-0.15, -0.1) is 0 Å². The summed E-state index contributed by atoms with van der Waals surface area (Å²) in [6, 6.07) is 9.55. The quantitative estimate of drug-likeness (QED) is 0.795. The number of carbonyl (C=O) groups is 1. The molecule has 0 saturated carbocycles. The molecular weight excluding hydrogens is 178 g/mol. The van der Waals surface area contributed by atoms with E-state index in [4.69, 9.17) is 5.11 Å². The largest absolute Gasteiger partial charge is 0.465 e. The fraction of sp³-hybridized carbons (Fsp3) is 0.273. The molecular formula is C11H14NO2. The van der Waals surface area contributed by atoms with E-state index in [0.29, 0.717) is 19.5 Å². The highest BCUT2D eigenvalue weighted by atomic mass is 16.4. The molecule has 0 heterocycles. The molecule has 1 N–H and O–H groups in total. The first-order valence-electron chi connectivity index (χ1n) is 4.55. The lowest BCUT2D eigenvalue weighted by molar-refractivity contribution is 0.143. The zero-order chi connectivity index (χ0) is 10.4. The summed E-state index contributed by atoms with van der Waals surface area (Å²) in [6.07, 6.45) is -0.295. The van der Waals surface area contributed by atoms with Crippen molar-refractivity contribution in [1.29, 1.82) is 0 Å². The molecule has 0 aromatic heterocycles. The van der Waals surface area contributed by atoms with Gasteiger partial charge in [0.15, 0.2) is 0 Å². The van der Waals surface area contributed by atoms with Crippen molar-refractivity contribution in [3.8, 4) is 0 Å². The van der Waals surface area contributed by atoms with E-state index in [1.165, 1.54) is 4.90 Å². The van der Waals surface area contributed by atoms with Crippen LogP contribution in [0.1, 0.15) is 12.0 Å². The molecule has 0 aliphatic carbocycles. The Morgan fingerprint density at radius 2 is 2.00 bits per heavy atom. The van der Waals surface area contributed by atoms with Crippen molar-refractivity contribution in [2.24, 2.45) is 0 Å². The van der Waals surface area contributed by atoms with Gasteiger partial charge in [-0.2, -0.15) is 0 Å². The molecule has 1 amide bonds. The van der Waals surface area contributed by atoms with Gasteiger partial charge in [-0.05, 0) is 12.0 Å². The molecule has 75 valence electrons. The summed E-state index contributed by atoms with van der Waals surface area (Å²) in [5.41, 5.74) is 1.00. The SMILES string of the molecule is [CH2]CCN(Cc1ccccc1)C(=O)O. The van der Waals surface area contributed by atoms with Gasteiger partial charge >= 0.3 is 6.09 Å². The first-order chi connectivity index (χ1) is 6.74. The number of carboxylic acid groups (broad SMARTS) is 1. The molecule has 0 unspecified atom stereocenters. The lowest BCUT2D eigenvalue weighted by Crippen LogP contribution is -2.29. The van der Waals surface area contributed by atoms with Gasteiger partial charge in [0.1, 0.15) is 0 Å². The highest BCUT2D eigenvalue weighted by molar-refractivity contribution is 5.64. The molecule has 1 aromatic rings. The Morgan fingerprint density at radius 1 is 1.36 bits per heavy atom. The fourth-order valence-corrected chi connectivity index (χ4v) is 1.24. The van der Waals surface area contributed by atoms with Crippen molar-refractivity contribution in [3.63, 3.8) is 0 Å². The molecule has 0 aliphatic heterocycles. The summed E-state index contributed by atoms with van der Waals surface area (Å²) in [6.45, 7) is 4.56. The zero-order valence-electron chi connectivity index (χ0n) is 8.02. The van der Waals surface area contributed by atoms with E-state index in [1.807, 2.05) is 30.3 Å². The minimum atomic E-state index is -0.891. The van der Waals surface area contributed by atoms with Crippen LogP contribution in [0, 0.1) is 6.92 Å². The average molecular weight is 192 g/mol. The Bertz CT molecular complexity index is 285. The fourth-order valence-electron chi connectivity index (χ4n) is 1.24. The first kappa shape index (κ1) is 10.6. The Morgan fingerprint density at radius 3 is 2.50 bits per heavy atom. The molecule has 0 spiro atoms. The minimum Gasteiger partial charge on any atom is -0.465 e. The second-order valence-corrected chi connectivity index (χ2v) is 3.04. The summed E-state index contributed by atoms with van der Waals surface area (Å²) in [7, 11) is 0. The molecule has 0 saturated heterocycles. The number of hydrogen-bond donors (Lipinski definition) is 1. The summed E-state index contributed by atoms with van der Waals surface area (Å²) >= 11 is 0. The smallest absolute Gasteiger partial charge is 0.407 e. The molecule has 0 aliphatic rings. The highest BCUT2D eigenvalue weighted by Gasteiger charge is 2.09. The van der Waals surface area contributed by atoms with Crippen LogP contribution in [0.2, 0.25) is 0 Å². The van der Waals surface area contributed by atoms with Gasteiger partial charge in [0.25, 0.3) is 0 Å². The van der Waals surface area contributed by atoms with Crippen LogP contribution in [-0.4, -0.2) is 22.6 Å². The van der Waals surface area contributed by atoms with Crippen LogP contribution >= 0.6 is 0 Å². The summed E-state index contributed by atoms with van der Waals surface area (Å²) in [5.74, 6) is 0. The van der Waals surface area contributed by atoms with Gasteiger partial charge in [-0.1, -0.05) is 37.3 Å². The van der Waals surface area contributed by atoms with Crippen LogP contribution in [0.3, 0.4) is 0 Å². The third kappa shape index (κ3) is 3.09. The molecule has 3 nitrogen and oxygen atoms in total. The van der Waals surface area contributed by atoms with Crippen molar-refractivity contribution in [2.75, 3.05) is 6.54 Å². The minimum absolute atomic E-state index is 0.436. The maximum atomic E-state index is 10.8. The molecule has 14 heavy (non-hydrogen) atoms. The third-order valence-electron chi connectivity index (χ3n) is 1.91. The van der Waals surface area contributed by atoms with Crippen molar-refractivity contribution in [2.45, 2.75) is 13.0 Å². The van der Waals surface area contributed by atoms with Gasteiger partial charge < -0.3 is 10.0 Å². The van der Waals surface area contributed by atoms with E-state index >= 15 is 0 Å². The molecule has 3 heteroatoms. The lowest BCUT2D eigenvalue weighted by atomic mass is 10.2. The third-order valence-corrected chi connectivity index (χ3v) is 1.91. The highest BCUT2D eigenvalue weighted by Crippen LogP contribution is 2.04. The molecule has 0 atom stereocenters. The van der Waals surface area contributed by atoms with Crippen molar-refractivity contribution < 1.29 is 9.90 Å². The summed E-state index contributed by atoms with van der Waals surface area (Å²) in [4.78, 5) is 12.2. The van der Waals surface area contributed by atoms with Crippen LogP contribution in [0.4, 0.5) is 4.79 Å². The summed E-state index contributed by atoms with van der Waals surface area (Å²) in [5, 5.41) is 8.86. The van der Waals surface area contributed by atoms with E-state index in [-0.39, 0.29) is 0 Å². The van der Waals surface area contributed by atoms with Crippen molar-refractivity contribution in [1.82, 2.24) is 4.90 Å². The van der Waals surface area contributed by atoms with Crippen LogP contribution in [-0.2, 0) is 6.54 Å². The Balaban J connectivity index is 2.60. The maximum Gasteiger partial charge on any atom is 0.407 e. The Labute approximate surface area is 84.0 Å². The monoisotopic (exact) mass is 192 g/mol. The molecule has 0 bridgehead atoms. The van der Waals surface area contributed by atoms with E-state index in [2.05, 4.69) is 6.92 Å². The van der Waals surface area contributed by atoms with E-state index in [0.717, 1.165) is 5.56 Å². The maximum absolute atomic E-state index is 10.8. The van der Waals surface area contributed by atoms with Gasteiger partial charge in [0.2, 0.25) is 0 Å². The standard InChI is InChI=1S/C11H14NO2/c1-2-8-12(11(13)14)9-10-6-4-3-5-7-10/h3-7H,1-2,8-9H2,(H,13,14). The number of hydrogen-bond acceptors (Lipinski definition) is 1. The molecule has 1 aromatic carbocycles. The second-order valence-electron chi connectivity index (χ2n) is 3.04. The molecule has 0 fully saturated rings. The first-order valence-corrected chi connectivity index (χ1v) is 4.55. The predicted octanol–water partition coefficient (Wildman–Crippen LogP) is 2.39. The van der Waals surface area contributed by atoms with Crippen LogP contribution in [0.5, 0.6) is 0 Å². The van der Waals surface area contributed by atoms with Gasteiger partial charge in [-0.25, -0.2) is 4.79 Å². The Kier molecular flexibility index (Phi) is 3.98. The average Bonchev–Trinajstić information content (AvgIpc) is 2.18. The molecule has 1 rings (SSSR count). The Hall–Kier alpha value is -1.51. The summed E-state index contributed by atoms with van der Waals surface area (Å²) < 4.78 is 0. The topological polar surface area (TPSA) is 40.5 Å². The van der Waals surface area contributed by atoms with Crippen LogP contribution in [0.25, 0.3) is 0 Å². The zero-order valence-corrected chi connectivity index (χ0v) is 8.02.